The molecule has 6 nitrogen and oxygen atoms in total. The van der Waals surface area contributed by atoms with E-state index < -0.39 is 6.10 Å². The van der Waals surface area contributed by atoms with Crippen molar-refractivity contribution in [2.75, 3.05) is 46.0 Å². The smallest absolute Gasteiger partial charge is 0.141 e. The van der Waals surface area contributed by atoms with Crippen LogP contribution in [0.1, 0.15) is 19.4 Å². The number of aliphatic hydroxyl groups is 1. The summed E-state index contributed by atoms with van der Waals surface area (Å²) < 4.78 is 11.1. The Morgan fingerprint density at radius 2 is 2.00 bits per heavy atom. The highest BCUT2D eigenvalue weighted by Gasteiger charge is 2.34. The van der Waals surface area contributed by atoms with E-state index in [1.807, 2.05) is 24.3 Å². The van der Waals surface area contributed by atoms with Gasteiger partial charge in [0.05, 0.1) is 25.7 Å². The number of aliphatic hydroxyl groups excluding tert-OH is 1. The second-order valence-electron chi connectivity index (χ2n) is 7.27. The first-order valence-electron chi connectivity index (χ1n) is 9.02. The standard InChI is InChI=1S/C19H29N3O3/c1-19(2,22-9-11-24-12-10-22)15-21-13-17(23)14-25-18-5-3-16(4-6-18)7-8-20/h3-6,17,21,23H,7,9-15H2,1-2H3/p+2/t17-/m1/s1. The Morgan fingerprint density at radius 1 is 1.32 bits per heavy atom. The van der Waals surface area contributed by atoms with Crippen molar-refractivity contribution in [3.63, 3.8) is 0 Å². The highest BCUT2D eigenvalue weighted by Crippen LogP contribution is 2.12. The Bertz CT molecular complexity index is 548. The van der Waals surface area contributed by atoms with E-state index in [9.17, 15) is 5.11 Å². The fourth-order valence-electron chi connectivity index (χ4n) is 3.13. The van der Waals surface area contributed by atoms with Crippen LogP contribution in [0.15, 0.2) is 24.3 Å². The molecule has 4 N–H and O–H groups in total. The lowest BCUT2D eigenvalue weighted by molar-refractivity contribution is -0.968. The molecule has 2 rings (SSSR count). The van der Waals surface area contributed by atoms with Crippen molar-refractivity contribution < 1.29 is 24.8 Å². The van der Waals surface area contributed by atoms with Crippen LogP contribution in [-0.2, 0) is 11.2 Å². The Hall–Kier alpha value is -1.65. The topological polar surface area (TPSA) is 83.5 Å². The lowest BCUT2D eigenvalue weighted by Crippen LogP contribution is -3.23. The quantitative estimate of drug-likeness (QED) is 0.520. The summed E-state index contributed by atoms with van der Waals surface area (Å²) in [6.07, 6.45) is -0.104. The van der Waals surface area contributed by atoms with E-state index in [0.717, 1.165) is 44.2 Å². The van der Waals surface area contributed by atoms with Crippen molar-refractivity contribution in [3.05, 3.63) is 29.8 Å². The summed E-state index contributed by atoms with van der Waals surface area (Å²) in [7, 11) is 0. The maximum absolute atomic E-state index is 10.1. The summed E-state index contributed by atoms with van der Waals surface area (Å²) in [5.41, 5.74) is 1.14. The van der Waals surface area contributed by atoms with Gasteiger partial charge in [-0.05, 0) is 31.5 Å². The van der Waals surface area contributed by atoms with Gasteiger partial charge in [-0.2, -0.15) is 5.26 Å². The molecule has 0 aliphatic carbocycles. The number of hydrogen-bond donors (Lipinski definition) is 3. The first kappa shape index (κ1) is 19.7. The number of nitrogens with two attached hydrogens (primary N) is 1. The zero-order chi connectivity index (χ0) is 18.1. The largest absolute Gasteiger partial charge is 0.491 e. The van der Waals surface area contributed by atoms with Crippen LogP contribution in [0.25, 0.3) is 0 Å². The van der Waals surface area contributed by atoms with Crippen LogP contribution in [0.2, 0.25) is 0 Å². The van der Waals surface area contributed by atoms with Gasteiger partial charge in [-0.15, -0.1) is 0 Å². The third kappa shape index (κ3) is 6.63. The number of morpholine rings is 1. The summed E-state index contributed by atoms with van der Waals surface area (Å²) in [5, 5.41) is 21.0. The van der Waals surface area contributed by atoms with Gasteiger partial charge in [0, 0.05) is 0 Å². The number of ether oxygens (including phenoxy) is 2. The second-order valence-corrected chi connectivity index (χ2v) is 7.27. The van der Waals surface area contributed by atoms with Crippen LogP contribution in [0.5, 0.6) is 5.75 Å². The number of nitriles is 1. The first-order chi connectivity index (χ1) is 12.0. The summed E-state index contributed by atoms with van der Waals surface area (Å²) in [6.45, 7) is 10.2. The number of nitrogens with one attached hydrogen (secondary N) is 1. The van der Waals surface area contributed by atoms with Crippen molar-refractivity contribution in [2.24, 2.45) is 0 Å². The minimum absolute atomic E-state index is 0.168. The number of hydrogen-bond acceptors (Lipinski definition) is 4. The van der Waals surface area contributed by atoms with E-state index in [0.29, 0.717) is 13.0 Å². The van der Waals surface area contributed by atoms with Gasteiger partial charge in [0.15, 0.2) is 0 Å². The maximum atomic E-state index is 10.1. The Labute approximate surface area is 150 Å². The molecule has 0 aromatic heterocycles. The first-order valence-corrected chi connectivity index (χ1v) is 9.02. The number of benzene rings is 1. The van der Waals surface area contributed by atoms with Crippen molar-refractivity contribution >= 4 is 0 Å². The van der Waals surface area contributed by atoms with Gasteiger partial charge in [0.1, 0.15) is 50.2 Å². The van der Waals surface area contributed by atoms with E-state index in [4.69, 9.17) is 14.7 Å². The van der Waals surface area contributed by atoms with Crippen LogP contribution in [0.3, 0.4) is 0 Å². The Balaban J connectivity index is 1.66. The van der Waals surface area contributed by atoms with E-state index in [1.54, 1.807) is 4.90 Å². The van der Waals surface area contributed by atoms with E-state index in [1.165, 1.54) is 0 Å². The number of rotatable bonds is 9. The third-order valence-electron chi connectivity index (χ3n) is 4.80. The molecule has 0 bridgehead atoms. The Kier molecular flexibility index (Phi) is 7.66. The fourth-order valence-corrected chi connectivity index (χ4v) is 3.13. The average molecular weight is 349 g/mol. The lowest BCUT2D eigenvalue weighted by Gasteiger charge is -2.36. The highest BCUT2D eigenvalue weighted by molar-refractivity contribution is 5.28. The number of nitrogens with zero attached hydrogens (tertiary/aromatic N) is 1. The van der Waals surface area contributed by atoms with Crippen molar-refractivity contribution in [3.8, 4) is 11.8 Å². The van der Waals surface area contributed by atoms with Gasteiger partial charge >= 0.3 is 0 Å². The fraction of sp³-hybridized carbons (Fsp3) is 0.632. The summed E-state index contributed by atoms with van der Waals surface area (Å²) in [5.74, 6) is 0.721. The minimum atomic E-state index is -0.505. The van der Waals surface area contributed by atoms with Gasteiger partial charge < -0.3 is 24.8 Å². The van der Waals surface area contributed by atoms with Gasteiger partial charge in [-0.25, -0.2) is 0 Å². The average Bonchev–Trinajstić information content (AvgIpc) is 2.62. The molecule has 25 heavy (non-hydrogen) atoms. The zero-order valence-electron chi connectivity index (χ0n) is 15.3. The molecule has 1 aliphatic heterocycles. The molecule has 0 spiro atoms. The lowest BCUT2D eigenvalue weighted by atomic mass is 10.0. The minimum Gasteiger partial charge on any atom is -0.491 e. The molecule has 0 radical (unpaired) electrons. The van der Waals surface area contributed by atoms with Gasteiger partial charge in [0.2, 0.25) is 0 Å². The molecule has 1 fully saturated rings. The van der Waals surface area contributed by atoms with E-state index in [-0.39, 0.29) is 12.1 Å². The normalized spacial score (nSPS) is 17.0. The van der Waals surface area contributed by atoms with Gasteiger partial charge in [-0.1, -0.05) is 12.1 Å². The number of quaternary nitrogens is 2. The molecule has 138 valence electrons. The van der Waals surface area contributed by atoms with E-state index >= 15 is 0 Å². The van der Waals surface area contributed by atoms with Crippen molar-refractivity contribution in [1.82, 2.24) is 0 Å². The maximum Gasteiger partial charge on any atom is 0.141 e. The van der Waals surface area contributed by atoms with Gasteiger partial charge in [0.25, 0.3) is 0 Å². The predicted molar refractivity (Wildman–Crippen MR) is 94.5 cm³/mol. The molecule has 1 heterocycles. The van der Waals surface area contributed by atoms with Crippen LogP contribution < -0.4 is 15.0 Å². The highest BCUT2D eigenvalue weighted by atomic mass is 16.5. The molecule has 6 heteroatoms. The summed E-state index contributed by atoms with van der Waals surface area (Å²) in [6, 6.07) is 9.56. The van der Waals surface area contributed by atoms with Crippen molar-refractivity contribution in [2.45, 2.75) is 31.9 Å². The molecule has 1 atom stereocenters. The Morgan fingerprint density at radius 3 is 2.64 bits per heavy atom. The zero-order valence-corrected chi connectivity index (χ0v) is 15.3. The van der Waals surface area contributed by atoms with Crippen LogP contribution >= 0.6 is 0 Å². The van der Waals surface area contributed by atoms with Crippen molar-refractivity contribution in [1.29, 1.82) is 5.26 Å². The molecule has 1 aliphatic rings. The van der Waals surface area contributed by atoms with Crippen LogP contribution in [0.4, 0.5) is 0 Å². The molecule has 1 aromatic carbocycles. The molecular weight excluding hydrogens is 318 g/mol. The predicted octanol–water partition coefficient (Wildman–Crippen LogP) is -1.25. The molecule has 0 saturated carbocycles. The van der Waals surface area contributed by atoms with E-state index in [2.05, 4.69) is 25.2 Å². The monoisotopic (exact) mass is 349 g/mol. The van der Waals surface area contributed by atoms with Crippen LogP contribution in [-0.4, -0.2) is 62.7 Å². The molecule has 0 amide bonds. The van der Waals surface area contributed by atoms with Crippen LogP contribution in [0, 0.1) is 11.3 Å². The molecule has 1 saturated heterocycles. The molecule has 1 aromatic rings. The SMILES string of the molecule is CC(C)(C[NH2+]C[C@@H](O)COc1ccc(CC#N)cc1)[NH+]1CCOCC1. The summed E-state index contributed by atoms with van der Waals surface area (Å²) >= 11 is 0. The molecular formula is C19H31N3O3+2. The second kappa shape index (κ2) is 9.73. The summed E-state index contributed by atoms with van der Waals surface area (Å²) in [4.78, 5) is 1.57. The van der Waals surface area contributed by atoms with Gasteiger partial charge in [-0.3, -0.25) is 0 Å². The third-order valence-corrected chi connectivity index (χ3v) is 4.80. The molecule has 0 unspecified atom stereocenters.